The van der Waals surface area contributed by atoms with Gasteiger partial charge in [-0.25, -0.2) is 4.39 Å². The van der Waals surface area contributed by atoms with Gasteiger partial charge in [-0.15, -0.1) is 0 Å². The minimum absolute atomic E-state index is 0.238. The lowest BCUT2D eigenvalue weighted by Crippen LogP contribution is -2.46. The maximum atomic E-state index is 14.1. The molecule has 3 atom stereocenters. The Hall–Kier alpha value is -1.56. The number of piperidine rings is 1. The fourth-order valence-corrected chi connectivity index (χ4v) is 3.68. The third-order valence-electron chi connectivity index (χ3n) is 4.78. The lowest BCUT2D eigenvalue weighted by molar-refractivity contribution is -0.123. The predicted molar refractivity (Wildman–Crippen MR) is 78.7 cm³/mol. The minimum Gasteiger partial charge on any atom is -0.400 e. The molecule has 2 aliphatic heterocycles. The molecular formula is C15H23FN4O. The topological polar surface area (TPSA) is 79.2 Å². The van der Waals surface area contributed by atoms with E-state index in [4.69, 9.17) is 5.73 Å². The molecule has 116 valence electrons. The molecule has 5 nitrogen and oxygen atoms in total. The van der Waals surface area contributed by atoms with Crippen molar-refractivity contribution in [3.05, 3.63) is 23.3 Å². The van der Waals surface area contributed by atoms with Gasteiger partial charge < -0.3 is 21.7 Å². The summed E-state index contributed by atoms with van der Waals surface area (Å²) in [5.41, 5.74) is 7.25. The van der Waals surface area contributed by atoms with Crippen molar-refractivity contribution >= 4 is 5.91 Å². The highest BCUT2D eigenvalue weighted by atomic mass is 19.1. The fourth-order valence-electron chi connectivity index (χ4n) is 3.68. The Morgan fingerprint density at radius 2 is 2.05 bits per heavy atom. The molecule has 0 aromatic rings. The summed E-state index contributed by atoms with van der Waals surface area (Å²) in [6.45, 7) is 0. The van der Waals surface area contributed by atoms with E-state index in [1.165, 1.54) is 26.0 Å². The highest BCUT2D eigenvalue weighted by Gasteiger charge is 2.34. The molecule has 2 fully saturated rings. The van der Waals surface area contributed by atoms with Gasteiger partial charge in [-0.05, 0) is 31.8 Å². The SMILES string of the molecule is CNC(=O)C1CC(N)=C(NC2CC3CCC(C2)N3)C=C1F. The second kappa shape index (κ2) is 5.67. The zero-order chi connectivity index (χ0) is 15.0. The van der Waals surface area contributed by atoms with Crippen LogP contribution in [-0.4, -0.2) is 31.1 Å². The number of carbonyl (C=O) groups excluding carboxylic acids is 1. The quantitative estimate of drug-likeness (QED) is 0.616. The molecule has 0 aromatic carbocycles. The van der Waals surface area contributed by atoms with E-state index in [1.807, 2.05) is 0 Å². The number of amides is 1. The van der Waals surface area contributed by atoms with Crippen LogP contribution in [0.15, 0.2) is 23.3 Å². The predicted octanol–water partition coefficient (Wildman–Crippen LogP) is 0.649. The summed E-state index contributed by atoms with van der Waals surface area (Å²) in [5, 5.41) is 9.44. The van der Waals surface area contributed by atoms with Crippen LogP contribution in [0.3, 0.4) is 0 Å². The number of carbonyl (C=O) groups is 1. The molecule has 2 saturated heterocycles. The van der Waals surface area contributed by atoms with Crippen molar-refractivity contribution in [3.8, 4) is 0 Å². The van der Waals surface area contributed by atoms with Gasteiger partial charge in [0.1, 0.15) is 5.83 Å². The molecular weight excluding hydrogens is 271 g/mol. The van der Waals surface area contributed by atoms with Crippen LogP contribution in [0.4, 0.5) is 4.39 Å². The summed E-state index contributed by atoms with van der Waals surface area (Å²) in [6.07, 6.45) is 6.16. The lowest BCUT2D eigenvalue weighted by Gasteiger charge is -2.32. The second-order valence-electron chi connectivity index (χ2n) is 6.29. The highest BCUT2D eigenvalue weighted by molar-refractivity contribution is 5.81. The van der Waals surface area contributed by atoms with E-state index in [0.717, 1.165) is 12.8 Å². The van der Waals surface area contributed by atoms with Gasteiger partial charge in [0.15, 0.2) is 0 Å². The molecule has 6 heteroatoms. The van der Waals surface area contributed by atoms with Crippen molar-refractivity contribution in [2.24, 2.45) is 11.7 Å². The third kappa shape index (κ3) is 2.90. The maximum absolute atomic E-state index is 14.1. The molecule has 1 amide bonds. The molecule has 0 spiro atoms. The van der Waals surface area contributed by atoms with Crippen LogP contribution in [0.5, 0.6) is 0 Å². The molecule has 0 radical (unpaired) electrons. The van der Waals surface area contributed by atoms with Gasteiger partial charge in [-0.2, -0.15) is 0 Å². The molecule has 3 aliphatic rings. The van der Waals surface area contributed by atoms with E-state index < -0.39 is 11.7 Å². The number of hydrogen-bond acceptors (Lipinski definition) is 4. The van der Waals surface area contributed by atoms with Gasteiger partial charge >= 0.3 is 0 Å². The first-order chi connectivity index (χ1) is 10.1. The Labute approximate surface area is 124 Å². The standard InChI is InChI=1S/C15H23FN4O/c1-18-15(21)11-6-13(17)14(7-12(11)16)20-10-4-8-2-3-9(5-10)19-8/h7-11,19-20H,2-6,17H2,1H3,(H,18,21). The minimum atomic E-state index is -0.787. The summed E-state index contributed by atoms with van der Waals surface area (Å²) in [4.78, 5) is 11.6. The zero-order valence-electron chi connectivity index (χ0n) is 12.3. The average molecular weight is 294 g/mol. The van der Waals surface area contributed by atoms with E-state index in [0.29, 0.717) is 29.5 Å². The number of rotatable bonds is 3. The van der Waals surface area contributed by atoms with E-state index in [1.54, 1.807) is 0 Å². The van der Waals surface area contributed by atoms with Crippen molar-refractivity contribution in [2.45, 2.75) is 50.2 Å². The summed E-state index contributed by atoms with van der Waals surface area (Å²) in [7, 11) is 1.51. The molecule has 0 saturated carbocycles. The number of hydrogen-bond donors (Lipinski definition) is 4. The third-order valence-corrected chi connectivity index (χ3v) is 4.78. The smallest absolute Gasteiger partial charge is 0.230 e. The van der Waals surface area contributed by atoms with Gasteiger partial charge in [0.25, 0.3) is 0 Å². The summed E-state index contributed by atoms with van der Waals surface area (Å²) in [5.74, 6) is -1.53. The number of fused-ring (bicyclic) bond motifs is 2. The first-order valence-electron chi connectivity index (χ1n) is 7.66. The van der Waals surface area contributed by atoms with Crippen LogP contribution in [0.25, 0.3) is 0 Å². The van der Waals surface area contributed by atoms with Gasteiger partial charge in [-0.1, -0.05) is 0 Å². The molecule has 2 heterocycles. The first-order valence-corrected chi connectivity index (χ1v) is 7.66. The number of allylic oxidation sites excluding steroid dienone is 2. The molecule has 5 N–H and O–H groups in total. The molecule has 3 unspecified atom stereocenters. The van der Waals surface area contributed by atoms with Crippen LogP contribution in [0, 0.1) is 5.92 Å². The van der Waals surface area contributed by atoms with Crippen molar-refractivity contribution < 1.29 is 9.18 Å². The molecule has 3 rings (SSSR count). The van der Waals surface area contributed by atoms with E-state index >= 15 is 0 Å². The number of halogens is 1. The first kappa shape index (κ1) is 14.4. The summed E-state index contributed by atoms with van der Waals surface area (Å²) in [6, 6.07) is 1.47. The normalized spacial score (nSPS) is 35.4. The van der Waals surface area contributed by atoms with Crippen molar-refractivity contribution in [1.82, 2.24) is 16.0 Å². The van der Waals surface area contributed by atoms with Gasteiger partial charge in [0, 0.05) is 37.3 Å². The van der Waals surface area contributed by atoms with Crippen molar-refractivity contribution in [1.29, 1.82) is 0 Å². The average Bonchev–Trinajstić information content (AvgIpc) is 2.80. The molecule has 0 aromatic heterocycles. The number of nitrogens with two attached hydrogens (primary N) is 1. The highest BCUT2D eigenvalue weighted by Crippen LogP contribution is 2.30. The van der Waals surface area contributed by atoms with Gasteiger partial charge in [0.05, 0.1) is 11.6 Å². The second-order valence-corrected chi connectivity index (χ2v) is 6.29. The van der Waals surface area contributed by atoms with E-state index in [2.05, 4.69) is 16.0 Å². The largest absolute Gasteiger partial charge is 0.400 e. The monoisotopic (exact) mass is 294 g/mol. The lowest BCUT2D eigenvalue weighted by atomic mass is 9.93. The van der Waals surface area contributed by atoms with Crippen LogP contribution in [0.2, 0.25) is 0 Å². The van der Waals surface area contributed by atoms with Crippen LogP contribution < -0.4 is 21.7 Å². The Bertz CT molecular complexity index is 490. The van der Waals surface area contributed by atoms with E-state index in [9.17, 15) is 9.18 Å². The van der Waals surface area contributed by atoms with E-state index in [-0.39, 0.29) is 12.3 Å². The zero-order valence-corrected chi connectivity index (χ0v) is 12.3. The summed E-state index contributed by atoms with van der Waals surface area (Å²) >= 11 is 0. The van der Waals surface area contributed by atoms with Crippen molar-refractivity contribution in [3.63, 3.8) is 0 Å². The van der Waals surface area contributed by atoms with Gasteiger partial charge in [-0.3, -0.25) is 4.79 Å². The number of nitrogens with one attached hydrogen (secondary N) is 3. The Morgan fingerprint density at radius 3 is 2.67 bits per heavy atom. The fraction of sp³-hybridized carbons (Fsp3) is 0.667. The Balaban J connectivity index is 1.67. The van der Waals surface area contributed by atoms with Crippen LogP contribution in [0.1, 0.15) is 32.1 Å². The van der Waals surface area contributed by atoms with Gasteiger partial charge in [0.2, 0.25) is 5.91 Å². The van der Waals surface area contributed by atoms with Crippen LogP contribution in [-0.2, 0) is 4.79 Å². The molecule has 21 heavy (non-hydrogen) atoms. The molecule has 1 aliphatic carbocycles. The Morgan fingerprint density at radius 1 is 1.38 bits per heavy atom. The van der Waals surface area contributed by atoms with Crippen molar-refractivity contribution in [2.75, 3.05) is 7.05 Å². The van der Waals surface area contributed by atoms with Crippen LogP contribution >= 0.6 is 0 Å². The Kier molecular flexibility index (Phi) is 3.89. The summed E-state index contributed by atoms with van der Waals surface area (Å²) < 4.78 is 14.1. The molecule has 2 bridgehead atoms. The maximum Gasteiger partial charge on any atom is 0.230 e.